The summed E-state index contributed by atoms with van der Waals surface area (Å²) in [7, 11) is 1.79. The summed E-state index contributed by atoms with van der Waals surface area (Å²) in [5.41, 5.74) is -0.419. The van der Waals surface area contributed by atoms with Gasteiger partial charge in [-0.2, -0.15) is 0 Å². The maximum absolute atomic E-state index is 11.7. The van der Waals surface area contributed by atoms with Crippen molar-refractivity contribution in [3.05, 3.63) is 0 Å². The summed E-state index contributed by atoms with van der Waals surface area (Å²) in [6, 6.07) is 0.584. The van der Waals surface area contributed by atoms with Crippen LogP contribution in [-0.4, -0.2) is 55.9 Å². The topological polar surface area (TPSA) is 53.6 Å². The number of nitrogens with one attached hydrogen (secondary N) is 2. The summed E-state index contributed by atoms with van der Waals surface area (Å²) >= 11 is 0. The average Bonchev–Trinajstić information content (AvgIpc) is 2.33. The van der Waals surface area contributed by atoms with Crippen molar-refractivity contribution in [3.63, 3.8) is 0 Å². The average molecular weight is 271 g/mol. The predicted octanol–water partition coefficient (Wildman–Crippen LogP) is 1.58. The lowest BCUT2D eigenvalue weighted by atomic mass is 10.1. The molecule has 5 heteroatoms. The molecule has 1 amide bonds. The van der Waals surface area contributed by atoms with Gasteiger partial charge in [-0.15, -0.1) is 0 Å². The van der Waals surface area contributed by atoms with E-state index in [1.54, 1.807) is 11.9 Å². The molecule has 1 unspecified atom stereocenters. The highest BCUT2D eigenvalue weighted by Gasteiger charge is 2.19. The molecule has 2 N–H and O–H groups in total. The fourth-order valence-corrected chi connectivity index (χ4v) is 2.08. The molecule has 0 radical (unpaired) electrons. The molecule has 0 aliphatic carbocycles. The van der Waals surface area contributed by atoms with Crippen LogP contribution in [0.1, 0.15) is 40.0 Å². The molecule has 1 heterocycles. The number of rotatable bonds is 5. The smallest absolute Gasteiger partial charge is 0.410 e. The Kier molecular flexibility index (Phi) is 6.58. The second-order valence-electron chi connectivity index (χ2n) is 6.25. The Morgan fingerprint density at radius 3 is 2.79 bits per heavy atom. The van der Waals surface area contributed by atoms with Gasteiger partial charge in [-0.3, -0.25) is 0 Å². The van der Waals surface area contributed by atoms with Crippen molar-refractivity contribution in [2.75, 3.05) is 33.2 Å². The molecule has 0 saturated carbocycles. The Morgan fingerprint density at radius 1 is 1.47 bits per heavy atom. The highest BCUT2D eigenvalue weighted by molar-refractivity contribution is 5.67. The third kappa shape index (κ3) is 7.38. The minimum atomic E-state index is -0.419. The number of carbonyl (C=O) groups excluding carboxylic acids is 1. The third-order valence-corrected chi connectivity index (χ3v) is 3.11. The third-order valence-electron chi connectivity index (χ3n) is 3.11. The molecule has 1 saturated heterocycles. The van der Waals surface area contributed by atoms with E-state index < -0.39 is 5.60 Å². The number of carbonyl (C=O) groups is 1. The molecule has 1 atom stereocenters. The summed E-state index contributed by atoms with van der Waals surface area (Å²) < 4.78 is 5.30. The van der Waals surface area contributed by atoms with Crippen LogP contribution in [0.25, 0.3) is 0 Å². The van der Waals surface area contributed by atoms with Gasteiger partial charge in [-0.05, 0) is 53.1 Å². The predicted molar refractivity (Wildman–Crippen MR) is 77.4 cm³/mol. The fraction of sp³-hybridized carbons (Fsp3) is 0.929. The Labute approximate surface area is 117 Å². The van der Waals surface area contributed by atoms with Gasteiger partial charge in [0.05, 0.1) is 0 Å². The van der Waals surface area contributed by atoms with E-state index >= 15 is 0 Å². The van der Waals surface area contributed by atoms with Gasteiger partial charge >= 0.3 is 6.09 Å². The van der Waals surface area contributed by atoms with Crippen LogP contribution in [0.15, 0.2) is 0 Å². The zero-order valence-corrected chi connectivity index (χ0v) is 12.8. The maximum Gasteiger partial charge on any atom is 0.410 e. The number of amides is 1. The van der Waals surface area contributed by atoms with Crippen molar-refractivity contribution >= 4 is 6.09 Å². The minimum Gasteiger partial charge on any atom is -0.444 e. The summed E-state index contributed by atoms with van der Waals surface area (Å²) in [4.78, 5) is 13.4. The lowest BCUT2D eigenvalue weighted by Crippen LogP contribution is -2.44. The Balaban J connectivity index is 2.09. The lowest BCUT2D eigenvalue weighted by molar-refractivity contribution is 0.0297. The van der Waals surface area contributed by atoms with E-state index in [0.717, 1.165) is 32.6 Å². The molecule has 1 fully saturated rings. The number of nitrogens with zero attached hydrogens (tertiary/aromatic N) is 1. The normalized spacial score (nSPS) is 20.1. The quantitative estimate of drug-likeness (QED) is 0.746. The van der Waals surface area contributed by atoms with Crippen LogP contribution in [0.3, 0.4) is 0 Å². The van der Waals surface area contributed by atoms with Crippen LogP contribution in [-0.2, 0) is 4.74 Å². The SMILES string of the molecule is CN(CCCNC1CCCNC1)C(=O)OC(C)(C)C. The molecule has 5 nitrogen and oxygen atoms in total. The molecule has 1 aliphatic heterocycles. The van der Waals surface area contributed by atoms with E-state index in [1.807, 2.05) is 20.8 Å². The number of hydrogen-bond acceptors (Lipinski definition) is 4. The molecule has 0 aromatic heterocycles. The molecular formula is C14H29N3O2. The van der Waals surface area contributed by atoms with Gasteiger partial charge in [-0.1, -0.05) is 0 Å². The van der Waals surface area contributed by atoms with Crippen molar-refractivity contribution in [3.8, 4) is 0 Å². The van der Waals surface area contributed by atoms with E-state index in [9.17, 15) is 4.79 Å². The lowest BCUT2D eigenvalue weighted by Gasteiger charge is -2.26. The van der Waals surface area contributed by atoms with E-state index in [4.69, 9.17) is 4.74 Å². The van der Waals surface area contributed by atoms with E-state index in [2.05, 4.69) is 10.6 Å². The second-order valence-corrected chi connectivity index (χ2v) is 6.25. The highest BCUT2D eigenvalue weighted by Crippen LogP contribution is 2.09. The number of piperidine rings is 1. The minimum absolute atomic E-state index is 0.244. The van der Waals surface area contributed by atoms with Crippen molar-refractivity contribution in [2.45, 2.75) is 51.7 Å². The molecule has 112 valence electrons. The summed E-state index contributed by atoms with van der Waals surface area (Å²) in [5.74, 6) is 0. The molecule has 1 rings (SSSR count). The summed E-state index contributed by atoms with van der Waals surface area (Å²) in [6.45, 7) is 9.52. The van der Waals surface area contributed by atoms with Crippen molar-refractivity contribution in [2.24, 2.45) is 0 Å². The summed E-state index contributed by atoms with van der Waals surface area (Å²) in [5, 5.41) is 6.90. The first-order valence-electron chi connectivity index (χ1n) is 7.27. The summed E-state index contributed by atoms with van der Waals surface area (Å²) in [6.07, 6.45) is 3.20. The van der Waals surface area contributed by atoms with Gasteiger partial charge in [0.15, 0.2) is 0 Å². The molecule has 0 aromatic rings. The molecule has 0 spiro atoms. The molecular weight excluding hydrogens is 242 g/mol. The Bertz CT molecular complexity index is 270. The largest absolute Gasteiger partial charge is 0.444 e. The van der Waals surface area contributed by atoms with Crippen molar-refractivity contribution in [1.29, 1.82) is 0 Å². The molecule has 0 bridgehead atoms. The standard InChI is InChI=1S/C14H29N3O2/c1-14(2,3)19-13(18)17(4)10-6-9-16-12-7-5-8-15-11-12/h12,15-16H,5-11H2,1-4H3. The zero-order valence-electron chi connectivity index (χ0n) is 12.8. The van der Waals surface area contributed by atoms with Gasteiger partial charge in [0.25, 0.3) is 0 Å². The highest BCUT2D eigenvalue weighted by atomic mass is 16.6. The number of ether oxygens (including phenoxy) is 1. The van der Waals surface area contributed by atoms with Crippen LogP contribution in [0.4, 0.5) is 4.79 Å². The van der Waals surface area contributed by atoms with E-state index in [-0.39, 0.29) is 6.09 Å². The maximum atomic E-state index is 11.7. The first kappa shape index (κ1) is 16.2. The van der Waals surface area contributed by atoms with Gasteiger partial charge in [-0.25, -0.2) is 4.79 Å². The van der Waals surface area contributed by atoms with Gasteiger partial charge in [0.1, 0.15) is 5.60 Å². The Hall–Kier alpha value is -0.810. The van der Waals surface area contributed by atoms with Crippen LogP contribution >= 0.6 is 0 Å². The van der Waals surface area contributed by atoms with Gasteiger partial charge in [0, 0.05) is 26.2 Å². The molecule has 1 aliphatic rings. The van der Waals surface area contributed by atoms with Gasteiger partial charge in [0.2, 0.25) is 0 Å². The zero-order chi connectivity index (χ0) is 14.3. The first-order valence-corrected chi connectivity index (χ1v) is 7.27. The first-order chi connectivity index (χ1) is 8.88. The number of hydrogen-bond donors (Lipinski definition) is 2. The van der Waals surface area contributed by atoms with E-state index in [0.29, 0.717) is 6.04 Å². The van der Waals surface area contributed by atoms with Gasteiger partial charge < -0.3 is 20.3 Å². The Morgan fingerprint density at radius 2 is 2.21 bits per heavy atom. The van der Waals surface area contributed by atoms with Crippen LogP contribution < -0.4 is 10.6 Å². The second kappa shape index (κ2) is 7.70. The monoisotopic (exact) mass is 271 g/mol. The van der Waals surface area contributed by atoms with Crippen LogP contribution in [0.5, 0.6) is 0 Å². The molecule has 19 heavy (non-hydrogen) atoms. The fourth-order valence-electron chi connectivity index (χ4n) is 2.08. The van der Waals surface area contributed by atoms with E-state index in [1.165, 1.54) is 12.8 Å². The van der Waals surface area contributed by atoms with Crippen LogP contribution in [0.2, 0.25) is 0 Å². The molecule has 0 aromatic carbocycles. The van der Waals surface area contributed by atoms with Crippen molar-refractivity contribution in [1.82, 2.24) is 15.5 Å². The van der Waals surface area contributed by atoms with Crippen molar-refractivity contribution < 1.29 is 9.53 Å². The van der Waals surface area contributed by atoms with Crippen LogP contribution in [0, 0.1) is 0 Å².